The van der Waals surface area contributed by atoms with E-state index in [1.54, 1.807) is 0 Å². The number of rotatable bonds is 6. The Labute approximate surface area is 248 Å². The fourth-order valence-electron chi connectivity index (χ4n) is 7.19. The Balaban J connectivity index is 1.32. The highest BCUT2D eigenvalue weighted by Gasteiger charge is 2.59. The summed E-state index contributed by atoms with van der Waals surface area (Å²) in [7, 11) is 0. The van der Waals surface area contributed by atoms with Crippen molar-refractivity contribution < 1.29 is 69.6 Å². The Hall–Kier alpha value is -0.270. The van der Waals surface area contributed by atoms with Gasteiger partial charge in [-0.1, -0.05) is 11.6 Å². The highest BCUT2D eigenvalue weighted by Crippen LogP contribution is 2.45. The van der Waals surface area contributed by atoms with Crippen LogP contribution in [0.15, 0.2) is 0 Å². The first-order valence-corrected chi connectivity index (χ1v) is 15.3. The van der Waals surface area contributed by atoms with E-state index in [0.717, 1.165) is 0 Å². The van der Waals surface area contributed by atoms with Gasteiger partial charge in [0.25, 0.3) is 5.25 Å². The van der Waals surface area contributed by atoms with Gasteiger partial charge in [0.2, 0.25) is 0 Å². The normalized spacial score (nSPS) is 55.6. The van der Waals surface area contributed by atoms with E-state index in [1.807, 2.05) is 0 Å². The van der Waals surface area contributed by atoms with Crippen LogP contribution in [-0.2, 0) is 18.9 Å². The van der Waals surface area contributed by atoms with Crippen molar-refractivity contribution in [2.24, 2.45) is 11.8 Å². The van der Waals surface area contributed by atoms with Crippen LogP contribution in [0.2, 0.25) is 0 Å². The molecule has 2 saturated carbocycles. The second kappa shape index (κ2) is 13.2. The number of ether oxygens (including phenoxy) is 5. The fraction of sp³-hybridized carbons (Fsp3) is 1.00. The van der Waals surface area contributed by atoms with Crippen LogP contribution in [0, 0.1) is 11.8 Å². The molecule has 0 bridgehead atoms. The van der Waals surface area contributed by atoms with Gasteiger partial charge in [-0.2, -0.15) is 0 Å². The summed E-state index contributed by atoms with van der Waals surface area (Å²) in [6.07, 6.45) is -13.6. The van der Waals surface area contributed by atoms with Crippen LogP contribution in [0.25, 0.3) is 0 Å². The minimum atomic E-state index is -2.36. The number of alkyl halides is 1. The van der Waals surface area contributed by atoms with E-state index in [4.69, 9.17) is 35.3 Å². The molecule has 5 rings (SSSR count). The quantitative estimate of drug-likeness (QED) is 0.105. The average molecular weight is 630 g/mol. The number of aliphatic hydroxyl groups is 11. The van der Waals surface area contributed by atoms with Gasteiger partial charge >= 0.3 is 0 Å². The molecule has 0 spiro atoms. The van der Waals surface area contributed by atoms with E-state index in [0.29, 0.717) is 32.1 Å². The fourth-order valence-corrected chi connectivity index (χ4v) is 7.55. The molecular formula is C27H46ClO14+. The van der Waals surface area contributed by atoms with Crippen LogP contribution in [0.5, 0.6) is 0 Å². The van der Waals surface area contributed by atoms with Gasteiger partial charge in [0.1, 0.15) is 42.7 Å². The zero-order valence-electron chi connectivity index (χ0n) is 23.5. The van der Waals surface area contributed by atoms with Gasteiger partial charge in [-0.05, 0) is 39.0 Å². The predicted octanol–water partition coefficient (Wildman–Crippen LogP) is -3.06. The number of halogens is 1. The maximum Gasteiger partial charge on any atom is 0.279 e. The van der Waals surface area contributed by atoms with Crippen molar-refractivity contribution in [1.29, 1.82) is 0 Å². The highest BCUT2D eigenvalue weighted by atomic mass is 35.5. The first-order valence-electron chi connectivity index (χ1n) is 14.9. The first kappa shape index (κ1) is 33.1. The lowest BCUT2D eigenvalue weighted by atomic mass is 9.73. The van der Waals surface area contributed by atoms with E-state index >= 15 is 0 Å². The maximum atomic E-state index is 10.9. The molecule has 2 aliphatic carbocycles. The summed E-state index contributed by atoms with van der Waals surface area (Å²) >= 11 is 6.73. The number of aliphatic hydroxyl groups excluding tert-OH is 9. The minimum absolute atomic E-state index is 0.0000813. The molecule has 16 atom stereocenters. The zero-order valence-corrected chi connectivity index (χ0v) is 24.2. The van der Waals surface area contributed by atoms with Gasteiger partial charge in [0.05, 0.1) is 36.9 Å². The first-order chi connectivity index (χ1) is 19.8. The third kappa shape index (κ3) is 6.64. The van der Waals surface area contributed by atoms with Crippen LogP contribution in [0.1, 0.15) is 51.9 Å². The van der Waals surface area contributed by atoms with Crippen LogP contribution in [0.4, 0.5) is 0 Å². The van der Waals surface area contributed by atoms with Gasteiger partial charge in [-0.25, -0.2) is 0 Å². The second-order valence-electron chi connectivity index (χ2n) is 12.7. The third-order valence-corrected chi connectivity index (χ3v) is 10.2. The van der Waals surface area contributed by atoms with Gasteiger partial charge in [0.15, 0.2) is 24.6 Å². The third-order valence-electron chi connectivity index (χ3n) is 9.75. The zero-order chi connectivity index (χ0) is 30.5. The van der Waals surface area contributed by atoms with E-state index in [9.17, 15) is 46.0 Å². The summed E-state index contributed by atoms with van der Waals surface area (Å²) in [4.78, 5) is 0. The molecule has 3 aliphatic heterocycles. The summed E-state index contributed by atoms with van der Waals surface area (Å²) in [6, 6.07) is 0. The van der Waals surface area contributed by atoms with Crippen molar-refractivity contribution in [2.45, 2.75) is 149 Å². The standard InChI is InChI=1S/C27H45ClO14/c1-10-19(32)21(34)23(36)26(39-10)38-9-18-20(33)22(35)25(37)27(28,42-18)41-17-8-14-15(31)6-13(30)7-16(14)40-24(17)11-2-4-12(29)5-3-11/h10-26,29-37H,2-9H2,1H3/p+1/t10-,11?,12?,13?,14?,15?,16?,17?,18+,19+,20-,21-,22+,23-,24?,25-,26-,27-/m1/s1. The lowest BCUT2D eigenvalue weighted by molar-refractivity contribution is -0.377. The van der Waals surface area contributed by atoms with E-state index in [2.05, 4.69) is 0 Å². The Kier molecular flexibility index (Phi) is 10.4. The highest BCUT2D eigenvalue weighted by molar-refractivity contribution is 6.22. The van der Waals surface area contributed by atoms with Crippen LogP contribution in [0.3, 0.4) is 0 Å². The molecule has 5 fully saturated rings. The smallest absolute Gasteiger partial charge is 0.279 e. The molecule has 3 saturated heterocycles. The number of hydrogen-bond acceptors (Lipinski definition) is 13. The maximum absolute atomic E-state index is 10.9. The molecule has 42 heavy (non-hydrogen) atoms. The Bertz CT molecular complexity index is 895. The Morgan fingerprint density at radius 2 is 1.50 bits per heavy atom. The molecule has 5 aliphatic rings. The molecule has 0 amide bonds. The van der Waals surface area contributed by atoms with E-state index in [1.165, 1.54) is 6.92 Å². The van der Waals surface area contributed by atoms with Crippen molar-refractivity contribution in [1.82, 2.24) is 0 Å². The summed E-state index contributed by atoms with van der Waals surface area (Å²) in [6.45, 7) is 0.979. The monoisotopic (exact) mass is 629 g/mol. The summed E-state index contributed by atoms with van der Waals surface area (Å²) in [5.74, 6) is -0.340. The van der Waals surface area contributed by atoms with E-state index < -0.39 is 97.5 Å². The SMILES string of the molecule is C[C@H]1O[C@@H](OC[C@@H]2O[C@](Cl)(OC3CC4C(O)CC(O)CC4[OH+]C3C3CCC(O)CC3)[C@H](O)[C@@H](O)[C@@H]2O)[C@H](O)[C@H](O)[C@H]1O. The molecule has 15 heteroatoms. The van der Waals surface area contributed by atoms with Gasteiger partial charge in [0, 0.05) is 18.8 Å². The lowest BCUT2D eigenvalue weighted by Crippen LogP contribution is -2.67. The van der Waals surface area contributed by atoms with Crippen molar-refractivity contribution in [3.8, 4) is 0 Å². The van der Waals surface area contributed by atoms with Crippen molar-refractivity contribution >= 4 is 11.6 Å². The predicted molar refractivity (Wildman–Crippen MR) is 142 cm³/mol. The minimum Gasteiger partial charge on any atom is -0.427 e. The Morgan fingerprint density at radius 3 is 2.19 bits per heavy atom. The molecular weight excluding hydrogens is 584 g/mol. The van der Waals surface area contributed by atoms with Crippen LogP contribution in [-0.4, -0.2) is 154 Å². The molecule has 244 valence electrons. The largest absolute Gasteiger partial charge is 0.427 e. The number of fused-ring (bicyclic) bond motifs is 1. The van der Waals surface area contributed by atoms with Crippen molar-refractivity contribution in [3.05, 3.63) is 0 Å². The number of hydrogen-bond donors (Lipinski definition) is 9. The van der Waals surface area contributed by atoms with Gasteiger partial charge < -0.3 is 69.6 Å². The molecule has 0 aromatic rings. The van der Waals surface area contributed by atoms with Gasteiger partial charge in [-0.15, -0.1) is 0 Å². The topological polar surface area (TPSA) is 232 Å². The summed E-state index contributed by atoms with van der Waals surface area (Å²) in [5.41, 5.74) is 0. The Morgan fingerprint density at radius 1 is 0.810 bits per heavy atom. The summed E-state index contributed by atoms with van der Waals surface area (Å²) in [5, 5.41) is 91.3. The molecule has 0 aromatic carbocycles. The summed E-state index contributed by atoms with van der Waals surface area (Å²) < 4.78 is 28.0. The van der Waals surface area contributed by atoms with E-state index in [-0.39, 0.29) is 30.8 Å². The molecule has 6 unspecified atom stereocenters. The van der Waals surface area contributed by atoms with Crippen LogP contribution < -0.4 is 0 Å². The van der Waals surface area contributed by atoms with Gasteiger partial charge in [-0.3, -0.25) is 0 Å². The molecule has 10 N–H and O–H groups in total. The van der Waals surface area contributed by atoms with Crippen LogP contribution >= 0.6 is 11.6 Å². The lowest BCUT2D eigenvalue weighted by Gasteiger charge is -2.50. The average Bonchev–Trinajstić information content (AvgIpc) is 2.95. The second-order valence-corrected chi connectivity index (χ2v) is 13.2. The molecule has 0 radical (unpaired) electrons. The molecule has 0 aromatic heterocycles. The van der Waals surface area contributed by atoms with Crippen molar-refractivity contribution in [2.75, 3.05) is 6.61 Å². The van der Waals surface area contributed by atoms with Crippen molar-refractivity contribution in [3.63, 3.8) is 0 Å². The molecule has 3 heterocycles. The molecule has 14 nitrogen and oxygen atoms in total.